The molecular formula is C12H8BrClF2N2O2S. The maximum absolute atomic E-state index is 13.7. The van der Waals surface area contributed by atoms with Crippen LogP contribution in [-0.2, 0) is 10.0 Å². The summed E-state index contributed by atoms with van der Waals surface area (Å²) in [6.45, 7) is 0. The number of hydrogen-bond donors (Lipinski definition) is 2. The number of nitrogens with two attached hydrogens (primary N) is 1. The number of rotatable bonds is 3. The van der Waals surface area contributed by atoms with Crippen molar-refractivity contribution in [1.29, 1.82) is 0 Å². The van der Waals surface area contributed by atoms with Gasteiger partial charge in [-0.15, -0.1) is 0 Å². The van der Waals surface area contributed by atoms with Gasteiger partial charge in [-0.25, -0.2) is 17.2 Å². The second-order valence-electron chi connectivity index (χ2n) is 4.04. The molecule has 21 heavy (non-hydrogen) atoms. The molecule has 0 spiro atoms. The van der Waals surface area contributed by atoms with E-state index in [0.717, 1.165) is 18.2 Å². The monoisotopic (exact) mass is 396 g/mol. The molecule has 0 aliphatic rings. The van der Waals surface area contributed by atoms with Gasteiger partial charge in [-0.2, -0.15) is 0 Å². The van der Waals surface area contributed by atoms with Crippen LogP contribution >= 0.6 is 27.5 Å². The molecule has 0 aromatic heterocycles. The zero-order chi connectivity index (χ0) is 15.8. The fourth-order valence-electron chi connectivity index (χ4n) is 1.55. The molecule has 0 aliphatic carbocycles. The maximum atomic E-state index is 13.7. The van der Waals surface area contributed by atoms with Crippen LogP contribution < -0.4 is 10.5 Å². The summed E-state index contributed by atoms with van der Waals surface area (Å²) < 4.78 is 53.7. The highest BCUT2D eigenvalue weighted by molar-refractivity contribution is 9.10. The molecule has 0 saturated carbocycles. The molecule has 2 rings (SSSR count). The number of halogens is 4. The highest BCUT2D eigenvalue weighted by Gasteiger charge is 2.22. The van der Waals surface area contributed by atoms with Crippen LogP contribution in [-0.4, -0.2) is 8.42 Å². The van der Waals surface area contributed by atoms with E-state index in [1.165, 1.54) is 12.1 Å². The number of nitrogens with one attached hydrogen (secondary N) is 1. The lowest BCUT2D eigenvalue weighted by Crippen LogP contribution is -2.16. The van der Waals surface area contributed by atoms with Gasteiger partial charge in [0.1, 0.15) is 10.6 Å². The number of benzene rings is 2. The van der Waals surface area contributed by atoms with Crippen LogP contribution in [0.15, 0.2) is 39.7 Å². The fourth-order valence-corrected chi connectivity index (χ4v) is 3.57. The summed E-state index contributed by atoms with van der Waals surface area (Å²) in [5.74, 6) is -2.13. The first-order valence-corrected chi connectivity index (χ1v) is 8.08. The average Bonchev–Trinajstić information content (AvgIpc) is 2.36. The molecule has 9 heteroatoms. The summed E-state index contributed by atoms with van der Waals surface area (Å²) in [6.07, 6.45) is 0. The second kappa shape index (κ2) is 5.78. The predicted octanol–water partition coefficient (Wildman–Crippen LogP) is 3.76. The van der Waals surface area contributed by atoms with E-state index in [1.54, 1.807) is 0 Å². The quantitative estimate of drug-likeness (QED) is 0.775. The van der Waals surface area contributed by atoms with Crippen LogP contribution in [0.4, 0.5) is 20.2 Å². The lowest BCUT2D eigenvalue weighted by atomic mass is 10.3. The van der Waals surface area contributed by atoms with Gasteiger partial charge in [0, 0.05) is 10.2 Å². The van der Waals surface area contributed by atoms with E-state index >= 15 is 0 Å². The van der Waals surface area contributed by atoms with Gasteiger partial charge in [0.2, 0.25) is 0 Å². The van der Waals surface area contributed by atoms with Crippen molar-refractivity contribution < 1.29 is 17.2 Å². The number of sulfonamides is 1. The van der Waals surface area contributed by atoms with Gasteiger partial charge in [0.15, 0.2) is 11.6 Å². The van der Waals surface area contributed by atoms with E-state index in [-0.39, 0.29) is 20.1 Å². The Bertz CT molecular complexity index is 792. The molecule has 4 nitrogen and oxygen atoms in total. The van der Waals surface area contributed by atoms with E-state index in [0.29, 0.717) is 0 Å². The molecular weight excluding hydrogens is 390 g/mol. The van der Waals surface area contributed by atoms with E-state index in [1.807, 2.05) is 4.72 Å². The van der Waals surface area contributed by atoms with Crippen LogP contribution in [0.2, 0.25) is 5.02 Å². The van der Waals surface area contributed by atoms with Crippen molar-refractivity contribution in [3.05, 3.63) is 51.5 Å². The van der Waals surface area contributed by atoms with E-state index < -0.39 is 27.3 Å². The zero-order valence-electron chi connectivity index (χ0n) is 10.2. The molecule has 0 unspecified atom stereocenters. The van der Waals surface area contributed by atoms with Crippen molar-refractivity contribution in [3.8, 4) is 0 Å². The van der Waals surface area contributed by atoms with Crippen molar-refractivity contribution in [3.63, 3.8) is 0 Å². The molecule has 2 aromatic rings. The van der Waals surface area contributed by atoms with Crippen molar-refractivity contribution in [2.75, 3.05) is 10.5 Å². The van der Waals surface area contributed by atoms with E-state index in [9.17, 15) is 17.2 Å². The Kier molecular flexibility index (Phi) is 4.40. The molecule has 0 heterocycles. The van der Waals surface area contributed by atoms with Crippen molar-refractivity contribution in [2.45, 2.75) is 4.90 Å². The second-order valence-corrected chi connectivity index (χ2v) is 7.01. The zero-order valence-corrected chi connectivity index (χ0v) is 13.4. The number of nitrogen functional groups attached to an aromatic ring is 1. The van der Waals surface area contributed by atoms with Crippen molar-refractivity contribution in [1.82, 2.24) is 0 Å². The molecule has 0 amide bonds. The molecule has 0 saturated heterocycles. The van der Waals surface area contributed by atoms with Crippen LogP contribution in [0.1, 0.15) is 0 Å². The Morgan fingerprint density at radius 3 is 2.29 bits per heavy atom. The van der Waals surface area contributed by atoms with Gasteiger partial charge in [-0.3, -0.25) is 4.72 Å². The first-order valence-electron chi connectivity index (χ1n) is 5.43. The Labute approximate surface area is 133 Å². The average molecular weight is 398 g/mol. The smallest absolute Gasteiger partial charge is 0.263 e. The lowest BCUT2D eigenvalue weighted by molar-refractivity contribution is 0.582. The van der Waals surface area contributed by atoms with Crippen LogP contribution in [0.25, 0.3) is 0 Å². The largest absolute Gasteiger partial charge is 0.399 e. The van der Waals surface area contributed by atoms with Gasteiger partial charge >= 0.3 is 0 Å². The maximum Gasteiger partial charge on any atom is 0.263 e. The molecule has 0 bridgehead atoms. The first kappa shape index (κ1) is 16.0. The third-order valence-electron chi connectivity index (χ3n) is 2.49. The Morgan fingerprint density at radius 2 is 1.71 bits per heavy atom. The van der Waals surface area contributed by atoms with Gasteiger partial charge in [0.05, 0.1) is 5.02 Å². The van der Waals surface area contributed by atoms with Crippen LogP contribution in [0.3, 0.4) is 0 Å². The minimum Gasteiger partial charge on any atom is -0.399 e. The van der Waals surface area contributed by atoms with Gasteiger partial charge < -0.3 is 5.73 Å². The summed E-state index contributed by atoms with van der Waals surface area (Å²) in [6, 6.07) is 5.64. The molecule has 0 fully saturated rings. The summed E-state index contributed by atoms with van der Waals surface area (Å²) in [4.78, 5) is -0.370. The molecule has 3 N–H and O–H groups in total. The van der Waals surface area contributed by atoms with Crippen molar-refractivity contribution in [2.24, 2.45) is 0 Å². The summed E-state index contributed by atoms with van der Waals surface area (Å²) in [5.41, 5.74) is 4.85. The molecule has 0 aliphatic heterocycles. The Balaban J connectivity index is 2.50. The summed E-state index contributed by atoms with van der Waals surface area (Å²) in [5, 5.41) is -0.116. The van der Waals surface area contributed by atoms with Crippen molar-refractivity contribution >= 4 is 48.9 Å². The molecule has 2 aromatic carbocycles. The van der Waals surface area contributed by atoms with E-state index in [2.05, 4.69) is 15.9 Å². The number of anilines is 2. The highest BCUT2D eigenvalue weighted by atomic mass is 79.9. The standard InChI is InChI=1S/C12H8BrClF2N2O2S/c13-6-3-9(15)12(10(16)4-6)18-21(19,20)11-5-7(17)1-2-8(11)14/h1-5,18H,17H2. The first-order chi connectivity index (χ1) is 9.70. The third kappa shape index (κ3) is 3.45. The lowest BCUT2D eigenvalue weighted by Gasteiger charge is -2.12. The minimum atomic E-state index is -4.28. The summed E-state index contributed by atoms with van der Waals surface area (Å²) in [7, 11) is -4.28. The Morgan fingerprint density at radius 1 is 1.14 bits per heavy atom. The third-order valence-corrected chi connectivity index (χ3v) is 4.78. The SMILES string of the molecule is Nc1ccc(Cl)c(S(=O)(=O)Nc2c(F)cc(Br)cc2F)c1. The fraction of sp³-hybridized carbons (Fsp3) is 0. The highest BCUT2D eigenvalue weighted by Crippen LogP contribution is 2.29. The topological polar surface area (TPSA) is 72.2 Å². The van der Waals surface area contributed by atoms with E-state index in [4.69, 9.17) is 17.3 Å². The summed E-state index contributed by atoms with van der Waals surface area (Å²) >= 11 is 8.68. The van der Waals surface area contributed by atoms with Crippen LogP contribution in [0, 0.1) is 11.6 Å². The molecule has 112 valence electrons. The van der Waals surface area contributed by atoms with Crippen LogP contribution in [0.5, 0.6) is 0 Å². The van der Waals surface area contributed by atoms with Gasteiger partial charge in [-0.1, -0.05) is 27.5 Å². The number of hydrogen-bond acceptors (Lipinski definition) is 3. The Hall–Kier alpha value is -1.38. The van der Waals surface area contributed by atoms with Gasteiger partial charge in [-0.05, 0) is 30.3 Å². The normalized spacial score (nSPS) is 11.4. The molecule has 0 atom stereocenters. The molecule has 0 radical (unpaired) electrons. The minimum absolute atomic E-state index is 0.116. The predicted molar refractivity (Wildman–Crippen MR) is 80.7 cm³/mol. The van der Waals surface area contributed by atoms with Gasteiger partial charge in [0.25, 0.3) is 10.0 Å².